The molecule has 3 rings (SSSR count). The van der Waals surface area contributed by atoms with Crippen LogP contribution in [-0.4, -0.2) is 58.1 Å². The van der Waals surface area contributed by atoms with Gasteiger partial charge in [-0.25, -0.2) is 4.79 Å². The van der Waals surface area contributed by atoms with E-state index in [0.717, 1.165) is 32.4 Å². The van der Waals surface area contributed by atoms with E-state index in [2.05, 4.69) is 15.5 Å². The van der Waals surface area contributed by atoms with E-state index in [1.54, 1.807) is 10.4 Å². The molecule has 20 heavy (non-hydrogen) atoms. The molecule has 1 unspecified atom stereocenters. The molecule has 2 fully saturated rings. The van der Waals surface area contributed by atoms with Gasteiger partial charge in [0.05, 0.1) is 5.92 Å². The van der Waals surface area contributed by atoms with Crippen LogP contribution in [0.25, 0.3) is 0 Å². The molecule has 0 spiro atoms. The van der Waals surface area contributed by atoms with Crippen LogP contribution in [0.4, 0.5) is 9.93 Å². The van der Waals surface area contributed by atoms with Gasteiger partial charge in [-0.15, -0.1) is 10.2 Å². The summed E-state index contributed by atoms with van der Waals surface area (Å²) in [4.78, 5) is 27.9. The summed E-state index contributed by atoms with van der Waals surface area (Å²) in [6.45, 7) is 2.85. The second kappa shape index (κ2) is 5.74. The molecule has 0 aliphatic carbocycles. The Bertz CT molecular complexity index is 486. The number of rotatable bonds is 2. The monoisotopic (exact) mass is 295 g/mol. The Morgan fingerprint density at radius 2 is 2.05 bits per heavy atom. The van der Waals surface area contributed by atoms with Crippen LogP contribution in [0, 0.1) is 5.92 Å². The summed E-state index contributed by atoms with van der Waals surface area (Å²) in [6, 6.07) is -0.196. The third kappa shape index (κ3) is 2.74. The first-order valence-electron chi connectivity index (χ1n) is 6.85. The topological polar surface area (TPSA) is 78.4 Å². The molecule has 2 aliphatic heterocycles. The molecule has 1 atom stereocenters. The van der Waals surface area contributed by atoms with E-state index in [-0.39, 0.29) is 17.9 Å². The highest BCUT2D eigenvalue weighted by Gasteiger charge is 2.34. The average Bonchev–Trinajstić information content (AvgIpc) is 3.19. The zero-order valence-corrected chi connectivity index (χ0v) is 11.9. The lowest BCUT2D eigenvalue weighted by molar-refractivity contribution is -0.133. The number of hydrogen-bond acceptors (Lipinski definition) is 5. The van der Waals surface area contributed by atoms with Gasteiger partial charge in [0.25, 0.3) is 0 Å². The fourth-order valence-electron chi connectivity index (χ4n) is 2.74. The third-order valence-electron chi connectivity index (χ3n) is 3.82. The van der Waals surface area contributed by atoms with Gasteiger partial charge < -0.3 is 9.80 Å². The van der Waals surface area contributed by atoms with E-state index in [0.29, 0.717) is 18.2 Å². The highest BCUT2D eigenvalue weighted by molar-refractivity contribution is 7.13. The molecule has 3 amide bonds. The second-order valence-electron chi connectivity index (χ2n) is 5.14. The first kappa shape index (κ1) is 13.3. The van der Waals surface area contributed by atoms with Gasteiger partial charge in [-0.3, -0.25) is 10.1 Å². The smallest absolute Gasteiger partial charge is 0.323 e. The van der Waals surface area contributed by atoms with E-state index >= 15 is 0 Å². The second-order valence-corrected chi connectivity index (χ2v) is 5.97. The van der Waals surface area contributed by atoms with Crippen molar-refractivity contribution in [2.45, 2.75) is 19.3 Å². The van der Waals surface area contributed by atoms with Crippen LogP contribution in [0.1, 0.15) is 19.3 Å². The number of urea groups is 1. The number of amides is 3. The minimum absolute atomic E-state index is 0.0479. The standard InChI is InChI=1S/C12H17N5O2S/c18-10(16-4-1-2-5-16)9-3-6-17(7-9)12(19)14-11-15-13-8-20-11/h8-9H,1-7H2,(H,14,15,19). The summed E-state index contributed by atoms with van der Waals surface area (Å²) >= 11 is 1.28. The summed E-state index contributed by atoms with van der Waals surface area (Å²) in [5.41, 5.74) is 1.57. The number of nitrogens with one attached hydrogen (secondary N) is 1. The Hall–Kier alpha value is -1.70. The maximum atomic E-state index is 12.3. The zero-order chi connectivity index (χ0) is 13.9. The number of nitrogens with zero attached hydrogens (tertiary/aromatic N) is 4. The lowest BCUT2D eigenvalue weighted by Crippen LogP contribution is -2.37. The van der Waals surface area contributed by atoms with Crippen LogP contribution in [0.15, 0.2) is 5.51 Å². The summed E-state index contributed by atoms with van der Waals surface area (Å²) in [5, 5.41) is 10.6. The predicted octanol–water partition coefficient (Wildman–Crippen LogP) is 1.01. The molecule has 108 valence electrons. The van der Waals surface area contributed by atoms with E-state index < -0.39 is 0 Å². The fraction of sp³-hybridized carbons (Fsp3) is 0.667. The van der Waals surface area contributed by atoms with Gasteiger partial charge in [0.1, 0.15) is 5.51 Å². The van der Waals surface area contributed by atoms with Crippen LogP contribution in [0.5, 0.6) is 0 Å². The minimum atomic E-state index is -0.196. The molecule has 1 N–H and O–H groups in total. The third-order valence-corrected chi connectivity index (χ3v) is 4.42. The first-order chi connectivity index (χ1) is 9.74. The van der Waals surface area contributed by atoms with Crippen molar-refractivity contribution in [2.24, 2.45) is 5.92 Å². The summed E-state index contributed by atoms with van der Waals surface area (Å²) in [6.07, 6.45) is 2.94. The zero-order valence-electron chi connectivity index (χ0n) is 11.1. The number of anilines is 1. The van der Waals surface area contributed by atoms with Gasteiger partial charge >= 0.3 is 6.03 Å². The number of carbonyl (C=O) groups excluding carboxylic acids is 2. The van der Waals surface area contributed by atoms with Crippen molar-refractivity contribution in [3.8, 4) is 0 Å². The Morgan fingerprint density at radius 1 is 1.25 bits per heavy atom. The van der Waals surface area contributed by atoms with Crippen molar-refractivity contribution in [1.29, 1.82) is 0 Å². The molecule has 0 saturated carbocycles. The Balaban J connectivity index is 1.53. The van der Waals surface area contributed by atoms with Crippen molar-refractivity contribution in [3.05, 3.63) is 5.51 Å². The van der Waals surface area contributed by atoms with Gasteiger partial charge in [0.2, 0.25) is 11.0 Å². The fourth-order valence-corrected chi connectivity index (χ4v) is 3.17. The molecule has 7 nitrogen and oxygen atoms in total. The van der Waals surface area contributed by atoms with Crippen LogP contribution in [0.3, 0.4) is 0 Å². The maximum Gasteiger partial charge on any atom is 0.323 e. The van der Waals surface area contributed by atoms with Crippen molar-refractivity contribution in [2.75, 3.05) is 31.5 Å². The Kier molecular flexibility index (Phi) is 3.81. The van der Waals surface area contributed by atoms with E-state index in [9.17, 15) is 9.59 Å². The number of aromatic nitrogens is 2. The molecule has 2 saturated heterocycles. The van der Waals surface area contributed by atoms with Gasteiger partial charge in [0, 0.05) is 26.2 Å². The summed E-state index contributed by atoms with van der Waals surface area (Å²) < 4.78 is 0. The van der Waals surface area contributed by atoms with E-state index in [4.69, 9.17) is 0 Å². The van der Waals surface area contributed by atoms with Crippen molar-refractivity contribution >= 4 is 28.4 Å². The van der Waals surface area contributed by atoms with Crippen molar-refractivity contribution in [3.63, 3.8) is 0 Å². The van der Waals surface area contributed by atoms with Crippen molar-refractivity contribution in [1.82, 2.24) is 20.0 Å². The maximum absolute atomic E-state index is 12.3. The summed E-state index contributed by atoms with van der Waals surface area (Å²) in [5.74, 6) is 0.155. The normalized spacial score (nSPS) is 22.3. The molecule has 2 aliphatic rings. The van der Waals surface area contributed by atoms with E-state index in [1.807, 2.05) is 4.90 Å². The lowest BCUT2D eigenvalue weighted by Gasteiger charge is -2.20. The van der Waals surface area contributed by atoms with Gasteiger partial charge in [-0.2, -0.15) is 0 Å². The van der Waals surface area contributed by atoms with Crippen LogP contribution in [0.2, 0.25) is 0 Å². The number of carbonyl (C=O) groups is 2. The summed E-state index contributed by atoms with van der Waals surface area (Å²) in [7, 11) is 0. The highest BCUT2D eigenvalue weighted by atomic mass is 32.1. The molecule has 8 heteroatoms. The number of hydrogen-bond donors (Lipinski definition) is 1. The van der Waals surface area contributed by atoms with Crippen LogP contribution < -0.4 is 5.32 Å². The molecule has 1 aromatic heterocycles. The molecule has 0 aromatic carbocycles. The van der Waals surface area contributed by atoms with Gasteiger partial charge in [-0.1, -0.05) is 11.3 Å². The molecular weight excluding hydrogens is 278 g/mol. The van der Waals surface area contributed by atoms with Gasteiger partial charge in [0.15, 0.2) is 0 Å². The molecular formula is C12H17N5O2S. The first-order valence-corrected chi connectivity index (χ1v) is 7.73. The van der Waals surface area contributed by atoms with Crippen LogP contribution in [-0.2, 0) is 4.79 Å². The quantitative estimate of drug-likeness (QED) is 0.883. The molecule has 1 aromatic rings. The lowest BCUT2D eigenvalue weighted by atomic mass is 10.1. The van der Waals surface area contributed by atoms with Crippen LogP contribution >= 0.6 is 11.3 Å². The molecule has 0 bridgehead atoms. The largest absolute Gasteiger partial charge is 0.342 e. The number of likely N-dealkylation sites (tertiary alicyclic amines) is 2. The molecule has 3 heterocycles. The SMILES string of the molecule is O=C(Nc1nncs1)N1CCC(C(=O)N2CCCC2)C1. The van der Waals surface area contributed by atoms with E-state index in [1.165, 1.54) is 11.3 Å². The minimum Gasteiger partial charge on any atom is -0.342 e. The Morgan fingerprint density at radius 3 is 2.75 bits per heavy atom. The average molecular weight is 295 g/mol. The van der Waals surface area contributed by atoms with Crippen molar-refractivity contribution < 1.29 is 9.59 Å². The van der Waals surface area contributed by atoms with Gasteiger partial charge in [-0.05, 0) is 19.3 Å². The Labute approximate surface area is 121 Å². The molecule has 0 radical (unpaired) electrons. The highest BCUT2D eigenvalue weighted by Crippen LogP contribution is 2.22. The predicted molar refractivity (Wildman–Crippen MR) is 74.4 cm³/mol.